The number of non-ortho nitro benzene ring substituents is 1. The lowest BCUT2D eigenvalue weighted by Crippen LogP contribution is -2.41. The number of nitro benzene ring substituents is 1. The molecule has 2 aromatic rings. The van der Waals surface area contributed by atoms with Gasteiger partial charge in [0.1, 0.15) is 24.7 Å². The van der Waals surface area contributed by atoms with Gasteiger partial charge in [-0.05, 0) is 30.3 Å². The maximum Gasteiger partial charge on any atom is 0.337 e. The number of ether oxygens (including phenoxy) is 2. The van der Waals surface area contributed by atoms with E-state index in [9.17, 15) is 19.7 Å². The highest BCUT2D eigenvalue weighted by Crippen LogP contribution is 2.39. The number of fused-ring (bicyclic) bond motifs is 1. The van der Waals surface area contributed by atoms with Crippen LogP contribution in [0.25, 0.3) is 0 Å². The van der Waals surface area contributed by atoms with E-state index in [1.54, 1.807) is 35.2 Å². The Hall–Kier alpha value is -3.42. The summed E-state index contributed by atoms with van der Waals surface area (Å²) in [7, 11) is 1.28. The third-order valence-electron chi connectivity index (χ3n) is 3.88. The highest BCUT2D eigenvalue weighted by Gasteiger charge is 2.30. The van der Waals surface area contributed by atoms with E-state index in [0.717, 1.165) is 6.29 Å². The van der Waals surface area contributed by atoms with E-state index >= 15 is 0 Å². The van der Waals surface area contributed by atoms with E-state index in [1.807, 2.05) is 0 Å². The molecule has 1 aliphatic heterocycles. The van der Waals surface area contributed by atoms with Crippen LogP contribution in [0.3, 0.4) is 0 Å². The molecule has 8 heteroatoms. The first-order valence-electron chi connectivity index (χ1n) is 7.39. The molecule has 1 atom stereocenters. The summed E-state index contributed by atoms with van der Waals surface area (Å²) in [6.45, 7) is 0.130. The molecule has 2 aromatic carbocycles. The second kappa shape index (κ2) is 6.60. The Morgan fingerprint density at radius 3 is 2.64 bits per heavy atom. The van der Waals surface area contributed by atoms with Gasteiger partial charge >= 0.3 is 5.97 Å². The van der Waals surface area contributed by atoms with E-state index < -0.39 is 16.9 Å². The van der Waals surface area contributed by atoms with Crippen LogP contribution < -0.4 is 9.64 Å². The summed E-state index contributed by atoms with van der Waals surface area (Å²) < 4.78 is 10.3. The molecule has 1 aliphatic rings. The molecule has 0 radical (unpaired) electrons. The van der Waals surface area contributed by atoms with Gasteiger partial charge in [-0.1, -0.05) is 0 Å². The first-order chi connectivity index (χ1) is 12.0. The van der Waals surface area contributed by atoms with Gasteiger partial charge in [-0.3, -0.25) is 10.1 Å². The van der Waals surface area contributed by atoms with Crippen LogP contribution in [0.4, 0.5) is 17.1 Å². The zero-order chi connectivity index (χ0) is 18.0. The largest absolute Gasteiger partial charge is 0.489 e. The lowest BCUT2D eigenvalue weighted by Gasteiger charge is -2.36. The molecular weight excluding hydrogens is 328 g/mol. The Bertz CT molecular complexity index is 834. The van der Waals surface area contributed by atoms with E-state index in [4.69, 9.17) is 9.47 Å². The summed E-state index contributed by atoms with van der Waals surface area (Å²) >= 11 is 0. The minimum absolute atomic E-state index is 0.0526. The number of nitro groups is 1. The molecule has 1 heterocycles. The first kappa shape index (κ1) is 16.4. The average molecular weight is 342 g/mol. The van der Waals surface area contributed by atoms with Crippen LogP contribution in [0.1, 0.15) is 10.4 Å². The van der Waals surface area contributed by atoms with Crippen LogP contribution in [0.15, 0.2) is 42.5 Å². The Kier molecular flexibility index (Phi) is 4.34. The van der Waals surface area contributed by atoms with Gasteiger partial charge in [-0.2, -0.15) is 0 Å². The molecule has 0 saturated heterocycles. The van der Waals surface area contributed by atoms with Crippen molar-refractivity contribution in [2.45, 2.75) is 6.04 Å². The van der Waals surface area contributed by atoms with Crippen LogP contribution in [0, 0.1) is 10.1 Å². The van der Waals surface area contributed by atoms with Gasteiger partial charge < -0.3 is 19.2 Å². The number of benzene rings is 2. The molecule has 0 saturated carbocycles. The molecule has 8 nitrogen and oxygen atoms in total. The second-order valence-electron chi connectivity index (χ2n) is 5.33. The predicted octanol–water partition coefficient (Wildman–Crippen LogP) is 2.48. The summed E-state index contributed by atoms with van der Waals surface area (Å²) in [6.07, 6.45) is 0.731. The van der Waals surface area contributed by atoms with Crippen molar-refractivity contribution in [1.82, 2.24) is 0 Å². The van der Waals surface area contributed by atoms with Crippen LogP contribution in [0.5, 0.6) is 5.75 Å². The number of hydrogen-bond acceptors (Lipinski definition) is 7. The summed E-state index contributed by atoms with van der Waals surface area (Å²) in [5, 5.41) is 10.8. The van der Waals surface area contributed by atoms with Gasteiger partial charge in [0.15, 0.2) is 0 Å². The third-order valence-corrected chi connectivity index (χ3v) is 3.88. The van der Waals surface area contributed by atoms with Crippen molar-refractivity contribution in [2.75, 3.05) is 18.6 Å². The number of hydrogen-bond donors (Lipinski definition) is 0. The van der Waals surface area contributed by atoms with E-state index in [1.165, 1.54) is 19.2 Å². The third kappa shape index (κ3) is 3.01. The second-order valence-corrected chi connectivity index (χ2v) is 5.33. The number of carbonyl (C=O) groups is 2. The minimum atomic E-state index is -0.623. The Labute approximate surface area is 142 Å². The molecule has 0 amide bonds. The molecule has 0 aromatic heterocycles. The fourth-order valence-corrected chi connectivity index (χ4v) is 2.67. The predicted molar refractivity (Wildman–Crippen MR) is 88.4 cm³/mol. The topological polar surface area (TPSA) is 99.0 Å². The van der Waals surface area contributed by atoms with Crippen molar-refractivity contribution in [3.63, 3.8) is 0 Å². The standard InChI is InChI=1S/C17H14N2O6/c1-24-17(21)11-2-7-16-15(8-11)18(14(9-20)10-25-16)12-3-5-13(6-4-12)19(22)23/h2-9,14H,10H2,1H3. The number of aldehydes is 1. The molecular formula is C17H14N2O6. The molecule has 0 spiro atoms. The molecule has 25 heavy (non-hydrogen) atoms. The maximum atomic E-state index is 11.8. The SMILES string of the molecule is COC(=O)c1ccc2c(c1)N(c1ccc([N+](=O)[O-])cc1)C(C=O)CO2. The van der Waals surface area contributed by atoms with Gasteiger partial charge in [0.2, 0.25) is 0 Å². The van der Waals surface area contributed by atoms with E-state index in [0.29, 0.717) is 22.7 Å². The smallest absolute Gasteiger partial charge is 0.337 e. The number of anilines is 2. The fourth-order valence-electron chi connectivity index (χ4n) is 2.67. The molecule has 0 aliphatic carbocycles. The lowest BCUT2D eigenvalue weighted by atomic mass is 10.1. The monoisotopic (exact) mass is 342 g/mol. The van der Waals surface area contributed by atoms with Crippen molar-refractivity contribution in [2.24, 2.45) is 0 Å². The Balaban J connectivity index is 2.09. The summed E-state index contributed by atoms with van der Waals surface area (Å²) in [4.78, 5) is 35.3. The normalized spacial score (nSPS) is 15.7. The fraction of sp³-hybridized carbons (Fsp3) is 0.176. The van der Waals surface area contributed by atoms with Crippen LogP contribution in [0.2, 0.25) is 0 Å². The number of carbonyl (C=O) groups excluding carboxylic acids is 2. The van der Waals surface area contributed by atoms with Crippen molar-refractivity contribution in [1.29, 1.82) is 0 Å². The highest BCUT2D eigenvalue weighted by molar-refractivity contribution is 5.92. The quantitative estimate of drug-likeness (QED) is 0.364. The Morgan fingerprint density at radius 2 is 2.04 bits per heavy atom. The van der Waals surface area contributed by atoms with Gasteiger partial charge in [-0.15, -0.1) is 0 Å². The summed E-state index contributed by atoms with van der Waals surface area (Å²) in [6, 6.07) is 9.96. The van der Waals surface area contributed by atoms with Crippen molar-refractivity contribution < 1.29 is 24.0 Å². The van der Waals surface area contributed by atoms with E-state index in [2.05, 4.69) is 0 Å². The molecule has 0 bridgehead atoms. The van der Waals surface area contributed by atoms with Crippen molar-refractivity contribution in [3.8, 4) is 5.75 Å². The van der Waals surface area contributed by atoms with Gasteiger partial charge in [-0.25, -0.2) is 4.79 Å². The molecule has 3 rings (SSSR count). The number of rotatable bonds is 4. The van der Waals surface area contributed by atoms with Gasteiger partial charge in [0.25, 0.3) is 5.69 Å². The molecule has 128 valence electrons. The first-order valence-corrected chi connectivity index (χ1v) is 7.39. The molecule has 0 fully saturated rings. The lowest BCUT2D eigenvalue weighted by molar-refractivity contribution is -0.384. The zero-order valence-electron chi connectivity index (χ0n) is 13.2. The number of nitrogens with zero attached hydrogens (tertiary/aromatic N) is 2. The maximum absolute atomic E-state index is 11.8. The van der Waals surface area contributed by atoms with E-state index in [-0.39, 0.29) is 12.3 Å². The summed E-state index contributed by atoms with van der Waals surface area (Å²) in [5.74, 6) is -0.0104. The number of methoxy groups -OCH3 is 1. The highest BCUT2D eigenvalue weighted by atomic mass is 16.6. The molecule has 1 unspecified atom stereocenters. The zero-order valence-corrected chi connectivity index (χ0v) is 13.2. The van der Waals surface area contributed by atoms with Gasteiger partial charge in [0.05, 0.1) is 23.3 Å². The van der Waals surface area contributed by atoms with Crippen molar-refractivity contribution >= 4 is 29.3 Å². The summed E-state index contributed by atoms with van der Waals surface area (Å²) in [5.41, 5.74) is 1.35. The van der Waals surface area contributed by atoms with Crippen LogP contribution in [-0.2, 0) is 9.53 Å². The Morgan fingerprint density at radius 1 is 1.32 bits per heavy atom. The number of esters is 1. The minimum Gasteiger partial charge on any atom is -0.489 e. The van der Waals surface area contributed by atoms with Crippen LogP contribution >= 0.6 is 0 Å². The molecule has 0 N–H and O–H groups in total. The average Bonchev–Trinajstić information content (AvgIpc) is 2.65. The van der Waals surface area contributed by atoms with Crippen LogP contribution in [-0.4, -0.2) is 36.9 Å². The van der Waals surface area contributed by atoms with Crippen molar-refractivity contribution in [3.05, 3.63) is 58.1 Å². The van der Waals surface area contributed by atoms with Gasteiger partial charge in [0, 0.05) is 17.8 Å².